The lowest BCUT2D eigenvalue weighted by molar-refractivity contribution is 0.0532. The van der Waals surface area contributed by atoms with Crippen molar-refractivity contribution in [1.29, 1.82) is 0 Å². The fourth-order valence-electron chi connectivity index (χ4n) is 1.35. The van der Waals surface area contributed by atoms with Crippen LogP contribution < -0.4 is 0 Å². The van der Waals surface area contributed by atoms with E-state index >= 15 is 0 Å². The highest BCUT2D eigenvalue weighted by Crippen LogP contribution is 2.32. The maximum absolute atomic E-state index is 11.4. The third-order valence-electron chi connectivity index (χ3n) is 2.02. The standard InChI is InChI=1S/C11H10O3S/c1-2-14-11(13)10-6-7-8(12)4-3-5-9(7)15-10/h3-6,12H,2H2,1H3. The Bertz CT molecular complexity index is 502. The van der Waals surface area contributed by atoms with Crippen LogP contribution in [0.1, 0.15) is 16.6 Å². The summed E-state index contributed by atoms with van der Waals surface area (Å²) in [5, 5.41) is 10.3. The largest absolute Gasteiger partial charge is 0.507 e. The summed E-state index contributed by atoms with van der Waals surface area (Å²) >= 11 is 1.32. The molecule has 2 aromatic rings. The van der Waals surface area contributed by atoms with Crippen molar-refractivity contribution in [2.24, 2.45) is 0 Å². The molecule has 0 saturated carbocycles. The van der Waals surface area contributed by atoms with E-state index in [0.717, 1.165) is 4.70 Å². The maximum atomic E-state index is 11.4. The molecule has 0 amide bonds. The van der Waals surface area contributed by atoms with Gasteiger partial charge >= 0.3 is 5.97 Å². The van der Waals surface area contributed by atoms with Crippen LogP contribution in [0.4, 0.5) is 0 Å². The first-order valence-corrected chi connectivity index (χ1v) is 5.42. The highest BCUT2D eigenvalue weighted by atomic mass is 32.1. The zero-order valence-corrected chi connectivity index (χ0v) is 9.00. The van der Waals surface area contributed by atoms with Gasteiger partial charge in [-0.2, -0.15) is 0 Å². The van der Waals surface area contributed by atoms with Gasteiger partial charge in [-0.1, -0.05) is 6.07 Å². The van der Waals surface area contributed by atoms with Crippen molar-refractivity contribution in [3.05, 3.63) is 29.1 Å². The Morgan fingerprint density at radius 3 is 3.00 bits per heavy atom. The predicted octanol–water partition coefficient (Wildman–Crippen LogP) is 2.78. The van der Waals surface area contributed by atoms with E-state index in [0.29, 0.717) is 16.9 Å². The lowest BCUT2D eigenvalue weighted by atomic mass is 10.2. The van der Waals surface area contributed by atoms with E-state index < -0.39 is 0 Å². The van der Waals surface area contributed by atoms with Crippen LogP contribution in [-0.2, 0) is 4.74 Å². The second kappa shape index (κ2) is 3.90. The number of phenolic OH excluding ortho intramolecular Hbond substituents is 1. The number of aromatic hydroxyl groups is 1. The first-order valence-electron chi connectivity index (χ1n) is 4.61. The summed E-state index contributed by atoms with van der Waals surface area (Å²) in [5.41, 5.74) is 0. The minimum absolute atomic E-state index is 0.194. The molecule has 78 valence electrons. The Labute approximate surface area is 90.9 Å². The maximum Gasteiger partial charge on any atom is 0.348 e. The highest BCUT2D eigenvalue weighted by molar-refractivity contribution is 7.20. The molecule has 0 bridgehead atoms. The van der Waals surface area contributed by atoms with Gasteiger partial charge in [0.05, 0.1) is 6.61 Å². The van der Waals surface area contributed by atoms with Gasteiger partial charge in [0.15, 0.2) is 0 Å². The molecule has 1 heterocycles. The number of fused-ring (bicyclic) bond motifs is 1. The van der Waals surface area contributed by atoms with Crippen LogP contribution in [0.2, 0.25) is 0 Å². The molecule has 1 aromatic heterocycles. The molecule has 0 unspecified atom stereocenters. The van der Waals surface area contributed by atoms with Crippen LogP contribution in [0.3, 0.4) is 0 Å². The molecule has 15 heavy (non-hydrogen) atoms. The smallest absolute Gasteiger partial charge is 0.348 e. The number of carbonyl (C=O) groups is 1. The van der Waals surface area contributed by atoms with Crippen molar-refractivity contribution in [2.75, 3.05) is 6.61 Å². The van der Waals surface area contributed by atoms with Gasteiger partial charge in [-0.25, -0.2) is 4.79 Å². The van der Waals surface area contributed by atoms with E-state index in [2.05, 4.69) is 0 Å². The molecule has 1 N–H and O–H groups in total. The summed E-state index contributed by atoms with van der Waals surface area (Å²) < 4.78 is 5.77. The summed E-state index contributed by atoms with van der Waals surface area (Å²) in [5.74, 6) is -0.141. The van der Waals surface area contributed by atoms with E-state index in [4.69, 9.17) is 4.74 Å². The number of thiophene rings is 1. The van der Waals surface area contributed by atoms with Crippen LogP contribution in [0.5, 0.6) is 5.75 Å². The first-order chi connectivity index (χ1) is 7.22. The van der Waals surface area contributed by atoms with E-state index in [-0.39, 0.29) is 11.7 Å². The summed E-state index contributed by atoms with van der Waals surface area (Å²) in [6, 6.07) is 6.88. The third kappa shape index (κ3) is 1.80. The van der Waals surface area contributed by atoms with Crippen molar-refractivity contribution in [2.45, 2.75) is 6.92 Å². The Morgan fingerprint density at radius 2 is 2.33 bits per heavy atom. The zero-order chi connectivity index (χ0) is 10.8. The fourth-order valence-corrected chi connectivity index (χ4v) is 2.32. The molecule has 0 spiro atoms. The Morgan fingerprint density at radius 1 is 1.53 bits per heavy atom. The van der Waals surface area contributed by atoms with E-state index in [1.807, 2.05) is 6.07 Å². The minimum Gasteiger partial charge on any atom is -0.507 e. The Kier molecular flexibility index (Phi) is 2.60. The fraction of sp³-hybridized carbons (Fsp3) is 0.182. The molecule has 0 aliphatic heterocycles. The number of ether oxygens (including phenoxy) is 1. The summed E-state index contributed by atoms with van der Waals surface area (Å²) in [7, 11) is 0. The summed E-state index contributed by atoms with van der Waals surface area (Å²) in [6.07, 6.45) is 0. The molecule has 0 aliphatic rings. The molecule has 0 fully saturated rings. The summed E-state index contributed by atoms with van der Waals surface area (Å²) in [4.78, 5) is 12.0. The highest BCUT2D eigenvalue weighted by Gasteiger charge is 2.12. The zero-order valence-electron chi connectivity index (χ0n) is 8.19. The molecule has 3 nitrogen and oxygen atoms in total. The first kappa shape index (κ1) is 9.98. The van der Waals surface area contributed by atoms with E-state index in [1.165, 1.54) is 11.3 Å². The van der Waals surface area contributed by atoms with Crippen LogP contribution in [0.15, 0.2) is 24.3 Å². The number of phenols is 1. The van der Waals surface area contributed by atoms with Gasteiger partial charge < -0.3 is 9.84 Å². The minimum atomic E-state index is -0.335. The van der Waals surface area contributed by atoms with Gasteiger partial charge in [0.2, 0.25) is 0 Å². The van der Waals surface area contributed by atoms with Crippen molar-refractivity contribution in [3.63, 3.8) is 0 Å². The predicted molar refractivity (Wildman–Crippen MR) is 59.4 cm³/mol. The van der Waals surface area contributed by atoms with Crippen LogP contribution >= 0.6 is 11.3 Å². The number of benzene rings is 1. The van der Waals surface area contributed by atoms with Crippen molar-refractivity contribution in [1.82, 2.24) is 0 Å². The van der Waals surface area contributed by atoms with Crippen molar-refractivity contribution < 1.29 is 14.6 Å². The van der Waals surface area contributed by atoms with Gasteiger partial charge in [-0.15, -0.1) is 11.3 Å². The molecular formula is C11H10O3S. The van der Waals surface area contributed by atoms with Crippen molar-refractivity contribution in [3.8, 4) is 5.75 Å². The quantitative estimate of drug-likeness (QED) is 0.795. The SMILES string of the molecule is CCOC(=O)c1cc2c(O)cccc2s1. The molecule has 1 aromatic carbocycles. The average Bonchev–Trinajstić information content (AvgIpc) is 2.63. The molecule has 4 heteroatoms. The van der Waals surface area contributed by atoms with Crippen molar-refractivity contribution >= 4 is 27.4 Å². The molecule has 2 rings (SSSR count). The molecular weight excluding hydrogens is 212 g/mol. The normalized spacial score (nSPS) is 10.5. The van der Waals surface area contributed by atoms with Gasteiger partial charge in [0, 0.05) is 10.1 Å². The van der Waals surface area contributed by atoms with Crippen LogP contribution in [0.25, 0.3) is 10.1 Å². The second-order valence-corrected chi connectivity index (χ2v) is 4.10. The molecule has 0 radical (unpaired) electrons. The van der Waals surface area contributed by atoms with Crippen LogP contribution in [0, 0.1) is 0 Å². The monoisotopic (exact) mass is 222 g/mol. The number of carbonyl (C=O) groups excluding carboxylic acids is 1. The lowest BCUT2D eigenvalue weighted by Crippen LogP contribution is -2.01. The second-order valence-electron chi connectivity index (χ2n) is 3.02. The van der Waals surface area contributed by atoms with Gasteiger partial charge in [-0.05, 0) is 25.1 Å². The number of esters is 1. The Balaban J connectivity index is 2.47. The van der Waals surface area contributed by atoms with Gasteiger partial charge in [0.1, 0.15) is 10.6 Å². The van der Waals surface area contributed by atoms with Crippen LogP contribution in [-0.4, -0.2) is 17.7 Å². The third-order valence-corrected chi connectivity index (χ3v) is 3.10. The lowest BCUT2D eigenvalue weighted by Gasteiger charge is -1.95. The molecule has 0 aliphatic carbocycles. The number of hydrogen-bond acceptors (Lipinski definition) is 4. The Hall–Kier alpha value is -1.55. The van der Waals surface area contributed by atoms with Gasteiger partial charge in [-0.3, -0.25) is 0 Å². The summed E-state index contributed by atoms with van der Waals surface area (Å²) in [6.45, 7) is 2.13. The number of hydrogen-bond donors (Lipinski definition) is 1. The van der Waals surface area contributed by atoms with Gasteiger partial charge in [0.25, 0.3) is 0 Å². The average molecular weight is 222 g/mol. The number of rotatable bonds is 2. The van der Waals surface area contributed by atoms with E-state index in [1.54, 1.807) is 25.1 Å². The van der Waals surface area contributed by atoms with E-state index in [9.17, 15) is 9.90 Å². The molecule has 0 atom stereocenters. The molecule has 0 saturated heterocycles. The topological polar surface area (TPSA) is 46.5 Å².